The van der Waals surface area contributed by atoms with Crippen molar-refractivity contribution in [3.8, 4) is 5.75 Å². The minimum atomic E-state index is -2.92. The lowest BCUT2D eigenvalue weighted by Gasteiger charge is -2.17. The predicted octanol–water partition coefficient (Wildman–Crippen LogP) is 1.90. The SMILES string of the molecule is Cc1ccc(N2CC(=O)CC2=O)cc1OC(F)F. The standard InChI is InChI=1S/C12H11F2NO3/c1-7-2-3-8(4-10(7)18-12(13)14)15-6-9(16)5-11(15)17/h2-4,12H,5-6H2,1H3. The zero-order valence-electron chi connectivity index (χ0n) is 9.65. The van der Waals surface area contributed by atoms with Gasteiger partial charge in [0.05, 0.1) is 13.0 Å². The fourth-order valence-electron chi connectivity index (χ4n) is 1.80. The molecule has 0 N–H and O–H groups in total. The minimum absolute atomic E-state index is 0.00893. The van der Waals surface area contributed by atoms with Crippen LogP contribution in [0.1, 0.15) is 12.0 Å². The normalized spacial score (nSPS) is 15.7. The molecule has 1 aliphatic heterocycles. The van der Waals surface area contributed by atoms with E-state index in [0.29, 0.717) is 11.3 Å². The van der Waals surface area contributed by atoms with Crippen molar-refractivity contribution >= 4 is 17.4 Å². The van der Waals surface area contributed by atoms with Crippen LogP contribution in [-0.2, 0) is 9.59 Å². The first-order valence-corrected chi connectivity index (χ1v) is 5.35. The molecule has 1 heterocycles. The molecule has 4 nitrogen and oxygen atoms in total. The van der Waals surface area contributed by atoms with Crippen LogP contribution in [0.3, 0.4) is 0 Å². The van der Waals surface area contributed by atoms with Gasteiger partial charge in [-0.3, -0.25) is 9.59 Å². The zero-order valence-corrected chi connectivity index (χ0v) is 9.65. The molecular formula is C12H11F2NO3. The molecule has 0 radical (unpaired) electrons. The van der Waals surface area contributed by atoms with Gasteiger partial charge in [-0.05, 0) is 18.6 Å². The number of carbonyl (C=O) groups excluding carboxylic acids is 2. The van der Waals surface area contributed by atoms with Crippen molar-refractivity contribution in [2.45, 2.75) is 20.0 Å². The van der Waals surface area contributed by atoms with Crippen LogP contribution in [0.4, 0.5) is 14.5 Å². The third kappa shape index (κ3) is 2.47. The number of hydrogen-bond acceptors (Lipinski definition) is 3. The molecular weight excluding hydrogens is 244 g/mol. The van der Waals surface area contributed by atoms with Crippen molar-refractivity contribution < 1.29 is 23.1 Å². The van der Waals surface area contributed by atoms with Crippen molar-refractivity contribution in [2.75, 3.05) is 11.4 Å². The van der Waals surface area contributed by atoms with Crippen molar-refractivity contribution in [1.82, 2.24) is 0 Å². The maximum Gasteiger partial charge on any atom is 0.387 e. The second-order valence-electron chi connectivity index (χ2n) is 4.02. The van der Waals surface area contributed by atoms with Gasteiger partial charge in [-0.1, -0.05) is 6.07 Å². The number of rotatable bonds is 3. The minimum Gasteiger partial charge on any atom is -0.434 e. The summed E-state index contributed by atoms with van der Waals surface area (Å²) in [5, 5.41) is 0. The highest BCUT2D eigenvalue weighted by Gasteiger charge is 2.29. The van der Waals surface area contributed by atoms with E-state index in [2.05, 4.69) is 4.74 Å². The molecule has 0 atom stereocenters. The van der Waals surface area contributed by atoms with Gasteiger partial charge in [0.1, 0.15) is 5.75 Å². The topological polar surface area (TPSA) is 46.6 Å². The fourth-order valence-corrected chi connectivity index (χ4v) is 1.80. The number of ether oxygens (including phenoxy) is 1. The molecule has 18 heavy (non-hydrogen) atoms. The second kappa shape index (κ2) is 4.72. The van der Waals surface area contributed by atoms with E-state index in [1.165, 1.54) is 11.0 Å². The molecule has 1 saturated heterocycles. The highest BCUT2D eigenvalue weighted by Crippen LogP contribution is 2.28. The van der Waals surface area contributed by atoms with Gasteiger partial charge in [-0.2, -0.15) is 8.78 Å². The van der Waals surface area contributed by atoms with Crippen LogP contribution in [0, 0.1) is 6.92 Å². The van der Waals surface area contributed by atoms with Crippen molar-refractivity contribution in [3.05, 3.63) is 23.8 Å². The predicted molar refractivity (Wildman–Crippen MR) is 59.8 cm³/mol. The summed E-state index contributed by atoms with van der Waals surface area (Å²) in [5.41, 5.74) is 0.934. The quantitative estimate of drug-likeness (QED) is 0.775. The number of anilines is 1. The summed E-state index contributed by atoms with van der Waals surface area (Å²) in [4.78, 5) is 23.9. The van der Waals surface area contributed by atoms with Gasteiger partial charge in [-0.15, -0.1) is 0 Å². The Bertz CT molecular complexity index is 502. The molecule has 0 saturated carbocycles. The highest BCUT2D eigenvalue weighted by atomic mass is 19.3. The highest BCUT2D eigenvalue weighted by molar-refractivity contribution is 6.15. The van der Waals surface area contributed by atoms with Crippen LogP contribution in [0.2, 0.25) is 0 Å². The van der Waals surface area contributed by atoms with E-state index in [0.717, 1.165) is 0 Å². The number of halogens is 2. The van der Waals surface area contributed by atoms with Gasteiger partial charge < -0.3 is 9.64 Å². The van der Waals surface area contributed by atoms with E-state index in [1.54, 1.807) is 19.1 Å². The van der Waals surface area contributed by atoms with Crippen LogP contribution in [0.25, 0.3) is 0 Å². The summed E-state index contributed by atoms with van der Waals surface area (Å²) in [7, 11) is 0. The summed E-state index contributed by atoms with van der Waals surface area (Å²) in [6.45, 7) is -1.32. The van der Waals surface area contributed by atoms with E-state index in [1.807, 2.05) is 0 Å². The Morgan fingerprint density at radius 2 is 2.06 bits per heavy atom. The maximum absolute atomic E-state index is 12.2. The molecule has 0 unspecified atom stereocenters. The second-order valence-corrected chi connectivity index (χ2v) is 4.02. The molecule has 1 aliphatic rings. The Morgan fingerprint density at radius 1 is 1.33 bits per heavy atom. The first kappa shape index (κ1) is 12.5. The number of carbonyl (C=O) groups is 2. The van der Waals surface area contributed by atoms with E-state index >= 15 is 0 Å². The van der Waals surface area contributed by atoms with Crippen molar-refractivity contribution in [2.24, 2.45) is 0 Å². The molecule has 0 bridgehead atoms. The number of amides is 1. The van der Waals surface area contributed by atoms with Crippen LogP contribution in [-0.4, -0.2) is 24.8 Å². The lowest BCUT2D eigenvalue weighted by molar-refractivity contribution is -0.121. The summed E-state index contributed by atoms with van der Waals surface area (Å²) < 4.78 is 28.7. The number of hydrogen-bond donors (Lipinski definition) is 0. The molecule has 1 aromatic carbocycles. The van der Waals surface area contributed by atoms with Gasteiger partial charge in [0.15, 0.2) is 5.78 Å². The summed E-state index contributed by atoms with van der Waals surface area (Å²) in [5.74, 6) is -0.501. The Balaban J connectivity index is 2.29. The molecule has 1 aromatic rings. The third-order valence-electron chi connectivity index (χ3n) is 2.68. The maximum atomic E-state index is 12.2. The largest absolute Gasteiger partial charge is 0.434 e. The first-order valence-electron chi connectivity index (χ1n) is 5.35. The Hall–Kier alpha value is -1.98. The average Bonchev–Trinajstić information content (AvgIpc) is 2.60. The third-order valence-corrected chi connectivity index (χ3v) is 2.68. The van der Waals surface area contributed by atoms with Crippen molar-refractivity contribution in [3.63, 3.8) is 0 Å². The van der Waals surface area contributed by atoms with E-state index in [-0.39, 0.29) is 30.4 Å². The molecule has 1 fully saturated rings. The number of ketones is 1. The number of aryl methyl sites for hydroxylation is 1. The van der Waals surface area contributed by atoms with Gasteiger partial charge in [-0.25, -0.2) is 0 Å². The van der Waals surface area contributed by atoms with Crippen molar-refractivity contribution in [1.29, 1.82) is 0 Å². The monoisotopic (exact) mass is 255 g/mol. The van der Waals surface area contributed by atoms with Gasteiger partial charge >= 0.3 is 6.61 Å². The van der Waals surface area contributed by atoms with E-state index < -0.39 is 6.61 Å². The smallest absolute Gasteiger partial charge is 0.387 e. The fraction of sp³-hybridized carbons (Fsp3) is 0.333. The van der Waals surface area contributed by atoms with E-state index in [9.17, 15) is 18.4 Å². The number of alkyl halides is 2. The molecule has 96 valence electrons. The summed E-state index contributed by atoms with van der Waals surface area (Å²) >= 11 is 0. The van der Waals surface area contributed by atoms with Crippen LogP contribution in [0.5, 0.6) is 5.75 Å². The van der Waals surface area contributed by atoms with Gasteiger partial charge in [0, 0.05) is 11.8 Å². The average molecular weight is 255 g/mol. The number of nitrogens with zero attached hydrogens (tertiary/aromatic N) is 1. The molecule has 2 rings (SSSR count). The molecule has 1 amide bonds. The van der Waals surface area contributed by atoms with Crippen LogP contribution >= 0.6 is 0 Å². The summed E-state index contributed by atoms with van der Waals surface area (Å²) in [6.07, 6.45) is -0.140. The molecule has 0 spiro atoms. The first-order chi connectivity index (χ1) is 8.47. The zero-order chi connectivity index (χ0) is 13.3. The van der Waals surface area contributed by atoms with Gasteiger partial charge in [0.2, 0.25) is 5.91 Å². The molecule has 6 heteroatoms. The Kier molecular flexibility index (Phi) is 3.27. The van der Waals surface area contributed by atoms with Crippen LogP contribution in [0.15, 0.2) is 18.2 Å². The number of benzene rings is 1. The Labute approximate surface area is 102 Å². The summed E-state index contributed by atoms with van der Waals surface area (Å²) in [6, 6.07) is 4.52. The number of Topliss-reactive ketones (excluding diaryl/α,β-unsaturated/α-hetero) is 1. The molecule has 0 aliphatic carbocycles. The molecule has 0 aromatic heterocycles. The lowest BCUT2D eigenvalue weighted by Crippen LogP contribution is -2.24. The van der Waals surface area contributed by atoms with E-state index in [4.69, 9.17) is 0 Å². The van der Waals surface area contributed by atoms with Crippen LogP contribution < -0.4 is 9.64 Å². The lowest BCUT2D eigenvalue weighted by atomic mass is 10.2. The van der Waals surface area contributed by atoms with Gasteiger partial charge in [0.25, 0.3) is 0 Å². The Morgan fingerprint density at radius 3 is 2.61 bits per heavy atom.